The minimum absolute atomic E-state index is 0. The van der Waals surface area contributed by atoms with Gasteiger partial charge in [0.2, 0.25) is 5.88 Å². The van der Waals surface area contributed by atoms with Crippen molar-refractivity contribution >= 4 is 12.4 Å². The van der Waals surface area contributed by atoms with Crippen LogP contribution in [-0.2, 0) is 6.54 Å². The van der Waals surface area contributed by atoms with Gasteiger partial charge in [-0.05, 0) is 18.6 Å². The number of ether oxygens (including phenoxy) is 1. The summed E-state index contributed by atoms with van der Waals surface area (Å²) in [5.74, 6) is 0.469. The van der Waals surface area contributed by atoms with E-state index in [1.165, 1.54) is 12.3 Å². The van der Waals surface area contributed by atoms with E-state index in [0.29, 0.717) is 18.5 Å². The number of halogens is 4. The summed E-state index contributed by atoms with van der Waals surface area (Å²) in [4.78, 5) is 3.77. The monoisotopic (exact) mass is 340 g/mol. The summed E-state index contributed by atoms with van der Waals surface area (Å²) in [5, 5.41) is 3.29. The third kappa shape index (κ3) is 6.35. The van der Waals surface area contributed by atoms with Crippen LogP contribution in [-0.4, -0.2) is 36.9 Å². The van der Waals surface area contributed by atoms with E-state index in [2.05, 4.69) is 32.8 Å². The molecule has 1 fully saturated rings. The Morgan fingerprint density at radius 2 is 2.23 bits per heavy atom. The fraction of sp³-hybridized carbons (Fsp3) is 0.615. The summed E-state index contributed by atoms with van der Waals surface area (Å²) in [6.07, 6.45) is -2.90. The SMILES string of the molecule is CC1NNCC1CNCc1ccnc(OCC(F)(F)F)c1.Cl. The Labute approximate surface area is 133 Å². The molecule has 3 N–H and O–H groups in total. The van der Waals surface area contributed by atoms with Crippen LogP contribution in [0, 0.1) is 5.92 Å². The maximum absolute atomic E-state index is 12.1. The first-order valence-electron chi connectivity index (χ1n) is 6.77. The first-order chi connectivity index (χ1) is 9.94. The fourth-order valence-corrected chi connectivity index (χ4v) is 2.09. The second-order valence-corrected chi connectivity index (χ2v) is 5.11. The number of pyridine rings is 1. The van der Waals surface area contributed by atoms with Crippen LogP contribution >= 0.6 is 12.4 Å². The molecule has 0 radical (unpaired) electrons. The van der Waals surface area contributed by atoms with Crippen LogP contribution < -0.4 is 20.9 Å². The number of hydrogen-bond acceptors (Lipinski definition) is 5. The van der Waals surface area contributed by atoms with Crippen molar-refractivity contribution in [2.75, 3.05) is 19.7 Å². The van der Waals surface area contributed by atoms with E-state index >= 15 is 0 Å². The summed E-state index contributed by atoms with van der Waals surface area (Å²) in [6, 6.07) is 3.66. The van der Waals surface area contributed by atoms with Crippen LogP contribution in [0.1, 0.15) is 12.5 Å². The predicted molar refractivity (Wildman–Crippen MR) is 78.8 cm³/mol. The zero-order valence-corrected chi connectivity index (χ0v) is 12.9. The molecule has 22 heavy (non-hydrogen) atoms. The van der Waals surface area contributed by atoms with Gasteiger partial charge >= 0.3 is 6.18 Å². The molecule has 0 aliphatic carbocycles. The summed E-state index contributed by atoms with van der Waals surface area (Å²) in [7, 11) is 0. The molecular formula is C13H20ClF3N4O. The number of hydrazine groups is 1. The first-order valence-corrected chi connectivity index (χ1v) is 6.77. The molecule has 0 bridgehead atoms. The Hall–Kier alpha value is -1.09. The minimum Gasteiger partial charge on any atom is -0.468 e. The lowest BCUT2D eigenvalue weighted by atomic mass is 10.0. The smallest absolute Gasteiger partial charge is 0.422 e. The molecule has 2 atom stereocenters. The second-order valence-electron chi connectivity index (χ2n) is 5.11. The van der Waals surface area contributed by atoms with Crippen molar-refractivity contribution in [3.05, 3.63) is 23.9 Å². The number of alkyl halides is 3. The van der Waals surface area contributed by atoms with E-state index in [-0.39, 0.29) is 18.3 Å². The highest BCUT2D eigenvalue weighted by Gasteiger charge is 2.28. The molecule has 0 amide bonds. The van der Waals surface area contributed by atoms with Crippen LogP contribution in [0.25, 0.3) is 0 Å². The fourth-order valence-electron chi connectivity index (χ4n) is 2.09. The van der Waals surface area contributed by atoms with Gasteiger partial charge in [0.05, 0.1) is 0 Å². The van der Waals surface area contributed by atoms with E-state index in [1.54, 1.807) is 6.07 Å². The van der Waals surface area contributed by atoms with E-state index in [9.17, 15) is 13.2 Å². The first kappa shape index (κ1) is 19.0. The molecule has 0 aromatic carbocycles. The summed E-state index contributed by atoms with van der Waals surface area (Å²) in [5.41, 5.74) is 7.06. The molecule has 126 valence electrons. The summed E-state index contributed by atoms with van der Waals surface area (Å²) in [6.45, 7) is 3.05. The molecule has 1 aromatic heterocycles. The van der Waals surface area contributed by atoms with Gasteiger partial charge in [0.1, 0.15) is 0 Å². The van der Waals surface area contributed by atoms with Crippen molar-refractivity contribution in [3.8, 4) is 5.88 Å². The Morgan fingerprint density at radius 1 is 1.45 bits per heavy atom. The van der Waals surface area contributed by atoms with Gasteiger partial charge in [-0.2, -0.15) is 13.2 Å². The standard InChI is InChI=1S/C13H19F3N4O.ClH/c1-9-11(7-19-20-9)6-17-5-10-2-3-18-12(4-10)21-8-13(14,15)16;/h2-4,9,11,17,19-20H,5-8H2,1H3;1H. The second kappa shape index (κ2) is 8.52. The van der Waals surface area contributed by atoms with Gasteiger partial charge in [0.25, 0.3) is 0 Å². The largest absolute Gasteiger partial charge is 0.468 e. The van der Waals surface area contributed by atoms with Gasteiger partial charge < -0.3 is 10.1 Å². The average molecular weight is 341 g/mol. The molecule has 1 aromatic rings. The highest BCUT2D eigenvalue weighted by molar-refractivity contribution is 5.85. The van der Waals surface area contributed by atoms with Crippen LogP contribution in [0.2, 0.25) is 0 Å². The summed E-state index contributed by atoms with van der Waals surface area (Å²) >= 11 is 0. The van der Waals surface area contributed by atoms with Crippen molar-refractivity contribution in [2.24, 2.45) is 5.92 Å². The van der Waals surface area contributed by atoms with Crippen molar-refractivity contribution in [1.29, 1.82) is 0 Å². The maximum atomic E-state index is 12.1. The van der Waals surface area contributed by atoms with Crippen LogP contribution in [0.5, 0.6) is 5.88 Å². The average Bonchev–Trinajstić information content (AvgIpc) is 2.82. The van der Waals surface area contributed by atoms with Gasteiger partial charge in [-0.15, -0.1) is 12.4 Å². The topological polar surface area (TPSA) is 58.2 Å². The van der Waals surface area contributed by atoms with E-state index < -0.39 is 12.8 Å². The van der Waals surface area contributed by atoms with Crippen molar-refractivity contribution in [3.63, 3.8) is 0 Å². The Balaban J connectivity index is 0.00000242. The molecule has 1 saturated heterocycles. The Kier molecular flexibility index (Phi) is 7.34. The third-order valence-electron chi connectivity index (χ3n) is 3.32. The number of rotatable bonds is 6. The van der Waals surface area contributed by atoms with Crippen LogP contribution in [0.15, 0.2) is 18.3 Å². The van der Waals surface area contributed by atoms with Crippen LogP contribution in [0.4, 0.5) is 13.2 Å². The number of aromatic nitrogens is 1. The number of hydrogen-bond donors (Lipinski definition) is 3. The molecule has 0 saturated carbocycles. The van der Waals surface area contributed by atoms with Gasteiger partial charge in [0.15, 0.2) is 6.61 Å². The summed E-state index contributed by atoms with van der Waals surface area (Å²) < 4.78 is 40.9. The van der Waals surface area contributed by atoms with Crippen LogP contribution in [0.3, 0.4) is 0 Å². The number of nitrogens with zero attached hydrogens (tertiary/aromatic N) is 1. The van der Waals surface area contributed by atoms with Gasteiger partial charge in [-0.3, -0.25) is 10.9 Å². The lowest BCUT2D eigenvalue weighted by molar-refractivity contribution is -0.154. The van der Waals surface area contributed by atoms with E-state index in [4.69, 9.17) is 0 Å². The number of nitrogens with one attached hydrogen (secondary N) is 3. The van der Waals surface area contributed by atoms with Gasteiger partial charge in [-0.25, -0.2) is 4.98 Å². The minimum atomic E-state index is -4.35. The molecule has 2 unspecified atom stereocenters. The zero-order valence-electron chi connectivity index (χ0n) is 12.1. The lowest BCUT2D eigenvalue weighted by Gasteiger charge is -2.14. The normalized spacial score (nSPS) is 21.5. The maximum Gasteiger partial charge on any atom is 0.422 e. The van der Waals surface area contributed by atoms with Crippen molar-refractivity contribution in [2.45, 2.75) is 25.7 Å². The predicted octanol–water partition coefficient (Wildman–Crippen LogP) is 1.65. The van der Waals surface area contributed by atoms with E-state index in [1.807, 2.05) is 0 Å². The molecule has 1 aliphatic rings. The molecule has 0 spiro atoms. The molecule has 9 heteroatoms. The highest BCUT2D eigenvalue weighted by Crippen LogP contribution is 2.17. The molecule has 5 nitrogen and oxygen atoms in total. The van der Waals surface area contributed by atoms with Gasteiger partial charge in [0, 0.05) is 43.9 Å². The van der Waals surface area contributed by atoms with Gasteiger partial charge in [-0.1, -0.05) is 0 Å². The van der Waals surface area contributed by atoms with Crippen molar-refractivity contribution < 1.29 is 17.9 Å². The lowest BCUT2D eigenvalue weighted by Crippen LogP contribution is -2.32. The third-order valence-corrected chi connectivity index (χ3v) is 3.32. The Bertz CT molecular complexity index is 461. The molecule has 2 rings (SSSR count). The Morgan fingerprint density at radius 3 is 2.86 bits per heavy atom. The molecule has 2 heterocycles. The molecular weight excluding hydrogens is 321 g/mol. The van der Waals surface area contributed by atoms with Crippen molar-refractivity contribution in [1.82, 2.24) is 21.2 Å². The highest BCUT2D eigenvalue weighted by atomic mass is 35.5. The van der Waals surface area contributed by atoms with E-state index in [0.717, 1.165) is 18.7 Å². The molecule has 1 aliphatic heterocycles. The quantitative estimate of drug-likeness (QED) is 0.735. The zero-order chi connectivity index (χ0) is 15.3.